The second-order valence-electron chi connectivity index (χ2n) is 9.40. The van der Waals surface area contributed by atoms with Crippen molar-refractivity contribution in [2.24, 2.45) is 0 Å². The summed E-state index contributed by atoms with van der Waals surface area (Å²) in [6.07, 6.45) is 1.09. The second kappa shape index (κ2) is 12.6. The first kappa shape index (κ1) is 26.5. The van der Waals surface area contributed by atoms with Crippen LogP contribution in [0.1, 0.15) is 37.1 Å². The molecule has 6 heteroatoms. The first-order chi connectivity index (χ1) is 18.0. The van der Waals surface area contributed by atoms with Gasteiger partial charge in [-0.1, -0.05) is 67.6 Å². The van der Waals surface area contributed by atoms with E-state index < -0.39 is 6.10 Å². The van der Waals surface area contributed by atoms with Gasteiger partial charge in [-0.15, -0.1) is 0 Å². The quantitative estimate of drug-likeness (QED) is 0.252. The molecule has 1 heterocycles. The Morgan fingerprint density at radius 2 is 1.54 bits per heavy atom. The predicted molar refractivity (Wildman–Crippen MR) is 148 cm³/mol. The van der Waals surface area contributed by atoms with Gasteiger partial charge in [-0.25, -0.2) is 4.68 Å². The van der Waals surface area contributed by atoms with Crippen LogP contribution >= 0.6 is 0 Å². The van der Waals surface area contributed by atoms with Crippen LogP contribution in [-0.4, -0.2) is 45.6 Å². The molecule has 0 radical (unpaired) electrons. The van der Waals surface area contributed by atoms with Crippen molar-refractivity contribution in [1.29, 1.82) is 0 Å². The average Bonchev–Trinajstić information content (AvgIpc) is 3.23. The molecular formula is C31H37N3O3. The van der Waals surface area contributed by atoms with E-state index in [-0.39, 0.29) is 6.04 Å². The van der Waals surface area contributed by atoms with Gasteiger partial charge in [0.25, 0.3) is 0 Å². The highest BCUT2D eigenvalue weighted by Crippen LogP contribution is 2.36. The van der Waals surface area contributed by atoms with Gasteiger partial charge in [-0.05, 0) is 56.5 Å². The van der Waals surface area contributed by atoms with E-state index in [1.807, 2.05) is 84.4 Å². The molecular weight excluding hydrogens is 462 g/mol. The Hall–Kier alpha value is -3.61. The molecule has 0 aliphatic carbocycles. The lowest BCUT2D eigenvalue weighted by atomic mass is 10.1. The molecule has 0 bridgehead atoms. The number of hydrogen-bond acceptors (Lipinski definition) is 5. The highest BCUT2D eigenvalue weighted by molar-refractivity contribution is 5.47. The van der Waals surface area contributed by atoms with Crippen LogP contribution in [0.5, 0.6) is 17.4 Å². The zero-order chi connectivity index (χ0) is 26.2. The molecule has 0 aliphatic heterocycles. The van der Waals surface area contributed by atoms with E-state index in [1.54, 1.807) is 7.11 Å². The third-order valence-corrected chi connectivity index (χ3v) is 6.75. The van der Waals surface area contributed by atoms with Crippen molar-refractivity contribution in [2.45, 2.75) is 52.3 Å². The second-order valence-corrected chi connectivity index (χ2v) is 9.40. The maximum atomic E-state index is 11.0. The maximum Gasteiger partial charge on any atom is 0.227 e. The van der Waals surface area contributed by atoms with Crippen molar-refractivity contribution >= 4 is 0 Å². The summed E-state index contributed by atoms with van der Waals surface area (Å²) in [7, 11) is 1.64. The molecule has 1 N–H and O–H groups in total. The summed E-state index contributed by atoms with van der Waals surface area (Å²) in [6.45, 7) is 7.54. The molecule has 37 heavy (non-hydrogen) atoms. The van der Waals surface area contributed by atoms with Gasteiger partial charge in [0.2, 0.25) is 5.88 Å². The molecule has 0 spiro atoms. The topological polar surface area (TPSA) is 59.8 Å². The number of ether oxygens (including phenoxy) is 2. The fourth-order valence-corrected chi connectivity index (χ4v) is 4.46. The fourth-order valence-electron chi connectivity index (χ4n) is 4.46. The number of nitrogens with zero attached hydrogens (tertiary/aromatic N) is 3. The number of benzene rings is 3. The number of rotatable bonds is 12. The largest absolute Gasteiger partial charge is 0.493 e. The molecule has 1 aromatic heterocycles. The number of hydrogen-bond donors (Lipinski definition) is 1. The van der Waals surface area contributed by atoms with Crippen LogP contribution in [-0.2, 0) is 13.0 Å². The third kappa shape index (κ3) is 6.59. The fraction of sp³-hybridized carbons (Fsp3) is 0.323. The van der Waals surface area contributed by atoms with Crippen LogP contribution in [0, 0.1) is 6.92 Å². The lowest BCUT2D eigenvalue weighted by molar-refractivity contribution is 0.0843. The summed E-state index contributed by atoms with van der Waals surface area (Å²) < 4.78 is 14.0. The normalized spacial score (nSPS) is 12.9. The van der Waals surface area contributed by atoms with Crippen LogP contribution in [0.2, 0.25) is 0 Å². The predicted octanol–water partition coefficient (Wildman–Crippen LogP) is 6.19. The zero-order valence-electron chi connectivity index (χ0n) is 22.2. The molecule has 4 aromatic rings. The minimum Gasteiger partial charge on any atom is -0.493 e. The van der Waals surface area contributed by atoms with Gasteiger partial charge in [0, 0.05) is 19.1 Å². The first-order valence-corrected chi connectivity index (χ1v) is 12.9. The van der Waals surface area contributed by atoms with Crippen molar-refractivity contribution in [3.63, 3.8) is 0 Å². The van der Waals surface area contributed by atoms with Crippen LogP contribution in [0.25, 0.3) is 5.69 Å². The molecule has 3 aromatic carbocycles. The van der Waals surface area contributed by atoms with E-state index in [1.165, 1.54) is 0 Å². The van der Waals surface area contributed by atoms with E-state index in [2.05, 4.69) is 30.9 Å². The Bertz CT molecular complexity index is 1260. The Morgan fingerprint density at radius 3 is 2.19 bits per heavy atom. The maximum absolute atomic E-state index is 11.0. The standard InChI is InChI=1S/C31H37N3O3/c1-5-23(2)33(21-27(35)20-25-14-8-6-9-15-25)22-28-24(3)32-34(26-16-10-7-11-17-26)31(28)37-30-19-13-12-18-29(30)36-4/h6-19,23,27,35H,5,20-22H2,1-4H3/t23-,27+/m1/s1. The number of aryl methyl sites for hydroxylation is 1. The van der Waals surface area contributed by atoms with E-state index in [0.29, 0.717) is 36.9 Å². The van der Waals surface area contributed by atoms with Gasteiger partial charge in [-0.2, -0.15) is 5.10 Å². The minimum absolute atomic E-state index is 0.268. The van der Waals surface area contributed by atoms with E-state index >= 15 is 0 Å². The Kier molecular flexibility index (Phi) is 8.99. The lowest BCUT2D eigenvalue weighted by Gasteiger charge is -2.30. The van der Waals surface area contributed by atoms with Crippen LogP contribution in [0.4, 0.5) is 0 Å². The molecule has 0 aliphatic rings. The van der Waals surface area contributed by atoms with Gasteiger partial charge < -0.3 is 14.6 Å². The highest BCUT2D eigenvalue weighted by atomic mass is 16.5. The highest BCUT2D eigenvalue weighted by Gasteiger charge is 2.25. The summed E-state index contributed by atoms with van der Waals surface area (Å²) in [5.74, 6) is 1.94. The Morgan fingerprint density at radius 1 is 0.919 bits per heavy atom. The van der Waals surface area contributed by atoms with Gasteiger partial charge in [0.1, 0.15) is 0 Å². The van der Waals surface area contributed by atoms with Crippen LogP contribution in [0.3, 0.4) is 0 Å². The molecule has 2 atom stereocenters. The molecule has 194 valence electrons. The number of aliphatic hydroxyl groups excluding tert-OH is 1. The van der Waals surface area contributed by atoms with Gasteiger partial charge in [-0.3, -0.25) is 4.90 Å². The summed E-state index contributed by atoms with van der Waals surface area (Å²) in [5.41, 5.74) is 3.93. The van der Waals surface area contributed by atoms with Crippen molar-refractivity contribution in [3.8, 4) is 23.1 Å². The number of methoxy groups -OCH3 is 1. The smallest absolute Gasteiger partial charge is 0.227 e. The van der Waals surface area contributed by atoms with E-state index in [0.717, 1.165) is 28.9 Å². The molecule has 0 fully saturated rings. The molecule has 0 saturated carbocycles. The van der Waals surface area contributed by atoms with Gasteiger partial charge >= 0.3 is 0 Å². The van der Waals surface area contributed by atoms with Crippen molar-refractivity contribution in [1.82, 2.24) is 14.7 Å². The van der Waals surface area contributed by atoms with Crippen LogP contribution in [0.15, 0.2) is 84.9 Å². The SMILES string of the molecule is CC[C@@H](C)N(Cc1c(C)nn(-c2ccccc2)c1Oc1ccccc1OC)C[C@@H](O)Cc1ccccc1. The summed E-state index contributed by atoms with van der Waals surface area (Å²) in [6, 6.07) is 28.0. The average molecular weight is 500 g/mol. The Labute approximate surface area is 220 Å². The van der Waals surface area contributed by atoms with Crippen LogP contribution < -0.4 is 9.47 Å². The molecule has 0 unspecified atom stereocenters. The third-order valence-electron chi connectivity index (χ3n) is 6.75. The van der Waals surface area contributed by atoms with E-state index in [4.69, 9.17) is 14.6 Å². The molecule has 6 nitrogen and oxygen atoms in total. The first-order valence-electron chi connectivity index (χ1n) is 12.9. The van der Waals surface area contributed by atoms with Gasteiger partial charge in [0.15, 0.2) is 11.5 Å². The lowest BCUT2D eigenvalue weighted by Crippen LogP contribution is -2.39. The number of aromatic nitrogens is 2. The molecule has 0 amide bonds. The zero-order valence-corrected chi connectivity index (χ0v) is 22.2. The Balaban J connectivity index is 1.68. The van der Waals surface area contributed by atoms with Gasteiger partial charge in [0.05, 0.1) is 30.2 Å². The summed E-state index contributed by atoms with van der Waals surface area (Å²) in [5, 5.41) is 15.9. The molecule has 0 saturated heterocycles. The summed E-state index contributed by atoms with van der Waals surface area (Å²) >= 11 is 0. The van der Waals surface area contributed by atoms with E-state index in [9.17, 15) is 5.11 Å². The molecule has 4 rings (SSSR count). The monoisotopic (exact) mass is 499 g/mol. The minimum atomic E-state index is -0.487. The van der Waals surface area contributed by atoms with Crippen molar-refractivity contribution < 1.29 is 14.6 Å². The summed E-state index contributed by atoms with van der Waals surface area (Å²) in [4.78, 5) is 2.32. The van der Waals surface area contributed by atoms with Crippen molar-refractivity contribution in [3.05, 3.63) is 102 Å². The van der Waals surface area contributed by atoms with Crippen molar-refractivity contribution in [2.75, 3.05) is 13.7 Å². The number of para-hydroxylation sites is 3. The number of aliphatic hydroxyl groups is 1.